The van der Waals surface area contributed by atoms with E-state index < -0.39 is 28.5 Å². The van der Waals surface area contributed by atoms with Crippen molar-refractivity contribution in [1.82, 2.24) is 10.2 Å². The number of unbranched alkanes of at least 4 members (excludes halogenated alkanes) is 1. The first-order valence-electron chi connectivity index (χ1n) is 11.4. The van der Waals surface area contributed by atoms with Crippen LogP contribution in [0.4, 0.5) is 5.69 Å². The Bertz CT molecular complexity index is 1150. The fraction of sp³-hybridized carbons (Fsp3) is 0.440. The summed E-state index contributed by atoms with van der Waals surface area (Å²) < 4.78 is 26.4. The van der Waals surface area contributed by atoms with E-state index >= 15 is 0 Å². The second kappa shape index (κ2) is 12.6. The number of sulfonamides is 1. The average Bonchev–Trinajstić information content (AvgIpc) is 2.75. The Morgan fingerprint density at radius 2 is 1.69 bits per heavy atom. The number of aryl methyl sites for hydroxylation is 2. The van der Waals surface area contributed by atoms with Gasteiger partial charge in [-0.3, -0.25) is 13.9 Å². The maximum atomic E-state index is 13.6. The van der Waals surface area contributed by atoms with Gasteiger partial charge in [-0.25, -0.2) is 8.42 Å². The lowest BCUT2D eigenvalue weighted by molar-refractivity contribution is -0.139. The third-order valence-electron chi connectivity index (χ3n) is 5.53. The quantitative estimate of drug-likeness (QED) is 0.417. The fourth-order valence-electron chi connectivity index (χ4n) is 3.66. The van der Waals surface area contributed by atoms with E-state index in [0.29, 0.717) is 27.8 Å². The molecule has 2 amide bonds. The van der Waals surface area contributed by atoms with Gasteiger partial charge >= 0.3 is 0 Å². The van der Waals surface area contributed by atoms with E-state index in [1.165, 1.54) is 4.90 Å². The summed E-state index contributed by atoms with van der Waals surface area (Å²) in [5.74, 6) is -0.854. The van der Waals surface area contributed by atoms with Crippen LogP contribution in [0.5, 0.6) is 0 Å². The molecule has 0 radical (unpaired) electrons. The molecule has 0 heterocycles. The number of nitrogens with zero attached hydrogens (tertiary/aromatic N) is 2. The van der Waals surface area contributed by atoms with Crippen LogP contribution in [0.2, 0.25) is 10.0 Å². The predicted octanol–water partition coefficient (Wildman–Crippen LogP) is 4.71. The van der Waals surface area contributed by atoms with Crippen LogP contribution in [0.25, 0.3) is 0 Å². The van der Waals surface area contributed by atoms with Crippen LogP contribution in [0, 0.1) is 13.8 Å². The lowest BCUT2D eigenvalue weighted by Crippen LogP contribution is -2.51. The molecule has 0 bridgehead atoms. The van der Waals surface area contributed by atoms with Crippen molar-refractivity contribution in [3.63, 3.8) is 0 Å². The molecule has 10 heteroatoms. The number of carbonyl (C=O) groups is 2. The van der Waals surface area contributed by atoms with E-state index in [1.807, 2.05) is 26.8 Å². The lowest BCUT2D eigenvalue weighted by atomic mass is 10.1. The fourth-order valence-corrected chi connectivity index (χ4v) is 4.96. The van der Waals surface area contributed by atoms with Gasteiger partial charge in [0.05, 0.1) is 11.9 Å². The van der Waals surface area contributed by atoms with E-state index in [4.69, 9.17) is 23.2 Å². The van der Waals surface area contributed by atoms with Crippen LogP contribution in [0.15, 0.2) is 36.4 Å². The Kier molecular flexibility index (Phi) is 10.4. The van der Waals surface area contributed by atoms with Crippen LogP contribution in [-0.2, 0) is 26.2 Å². The van der Waals surface area contributed by atoms with E-state index in [0.717, 1.165) is 34.5 Å². The Labute approximate surface area is 218 Å². The summed E-state index contributed by atoms with van der Waals surface area (Å²) in [7, 11) is -3.79. The number of hydrogen-bond acceptors (Lipinski definition) is 4. The number of nitrogens with one attached hydrogen (secondary N) is 1. The van der Waals surface area contributed by atoms with Crippen molar-refractivity contribution in [3.05, 3.63) is 63.1 Å². The van der Waals surface area contributed by atoms with Gasteiger partial charge in [-0.1, -0.05) is 48.7 Å². The molecule has 7 nitrogen and oxygen atoms in total. The normalized spacial score (nSPS) is 12.2. The van der Waals surface area contributed by atoms with E-state index in [1.54, 1.807) is 37.3 Å². The molecular weight excluding hydrogens is 509 g/mol. The van der Waals surface area contributed by atoms with Crippen molar-refractivity contribution in [2.45, 2.75) is 53.1 Å². The molecule has 0 fully saturated rings. The summed E-state index contributed by atoms with van der Waals surface area (Å²) in [5.41, 5.74) is 2.72. The predicted molar refractivity (Wildman–Crippen MR) is 142 cm³/mol. The first-order valence-corrected chi connectivity index (χ1v) is 14.0. The molecule has 0 aromatic heterocycles. The van der Waals surface area contributed by atoms with Crippen LogP contribution < -0.4 is 9.62 Å². The molecule has 2 rings (SSSR count). The monoisotopic (exact) mass is 541 g/mol. The molecule has 0 aliphatic rings. The number of halogens is 2. The van der Waals surface area contributed by atoms with Gasteiger partial charge in [0.1, 0.15) is 12.6 Å². The summed E-state index contributed by atoms with van der Waals surface area (Å²) in [4.78, 5) is 27.8. The molecule has 0 saturated carbocycles. The zero-order chi connectivity index (χ0) is 26.3. The molecular formula is C25H33Cl2N3O4S. The molecule has 2 aromatic rings. The van der Waals surface area contributed by atoms with Crippen molar-refractivity contribution < 1.29 is 18.0 Å². The molecule has 0 spiro atoms. The van der Waals surface area contributed by atoms with Gasteiger partial charge in [0.25, 0.3) is 0 Å². The minimum atomic E-state index is -3.79. The van der Waals surface area contributed by atoms with Crippen LogP contribution in [0.3, 0.4) is 0 Å². The second-order valence-electron chi connectivity index (χ2n) is 8.69. The van der Waals surface area contributed by atoms with Crippen LogP contribution in [0.1, 0.15) is 43.4 Å². The average molecular weight is 543 g/mol. The van der Waals surface area contributed by atoms with Gasteiger partial charge in [0, 0.05) is 23.1 Å². The van der Waals surface area contributed by atoms with Gasteiger partial charge in [-0.15, -0.1) is 0 Å². The zero-order valence-corrected chi connectivity index (χ0v) is 23.1. The number of carbonyl (C=O) groups excluding carboxylic acids is 2. The Balaban J connectivity index is 2.42. The Morgan fingerprint density at radius 1 is 1.06 bits per heavy atom. The first-order chi connectivity index (χ1) is 16.3. The minimum absolute atomic E-state index is 0.0155. The largest absolute Gasteiger partial charge is 0.354 e. The van der Waals surface area contributed by atoms with Gasteiger partial charge < -0.3 is 10.2 Å². The van der Waals surface area contributed by atoms with E-state index in [-0.39, 0.29) is 12.5 Å². The Morgan fingerprint density at radius 3 is 2.23 bits per heavy atom. The molecule has 1 N–H and O–H groups in total. The highest BCUT2D eigenvalue weighted by atomic mass is 35.5. The first kappa shape index (κ1) is 28.9. The molecule has 0 aliphatic heterocycles. The van der Waals surface area contributed by atoms with Gasteiger partial charge in [-0.05, 0) is 68.1 Å². The topological polar surface area (TPSA) is 86.8 Å². The van der Waals surface area contributed by atoms with Crippen molar-refractivity contribution in [1.29, 1.82) is 0 Å². The maximum Gasteiger partial charge on any atom is 0.244 e. The number of rotatable bonds is 11. The van der Waals surface area contributed by atoms with Crippen molar-refractivity contribution in [2.24, 2.45) is 0 Å². The number of anilines is 1. The van der Waals surface area contributed by atoms with Crippen molar-refractivity contribution in [2.75, 3.05) is 23.7 Å². The molecule has 0 saturated heterocycles. The third-order valence-corrected chi connectivity index (χ3v) is 7.25. The second-order valence-corrected chi connectivity index (χ2v) is 11.4. The summed E-state index contributed by atoms with van der Waals surface area (Å²) >= 11 is 12.4. The number of benzene rings is 2. The van der Waals surface area contributed by atoms with Gasteiger partial charge in [-0.2, -0.15) is 0 Å². The Hall–Kier alpha value is -2.29. The van der Waals surface area contributed by atoms with Crippen molar-refractivity contribution >= 4 is 50.7 Å². The molecule has 0 unspecified atom stereocenters. The number of hydrogen-bond donors (Lipinski definition) is 1. The van der Waals surface area contributed by atoms with E-state index in [2.05, 4.69) is 5.32 Å². The summed E-state index contributed by atoms with van der Waals surface area (Å²) in [6.45, 7) is 7.39. The van der Waals surface area contributed by atoms with Crippen molar-refractivity contribution in [3.8, 4) is 0 Å². The molecule has 0 aliphatic carbocycles. The summed E-state index contributed by atoms with van der Waals surface area (Å²) in [5, 5.41) is 3.63. The molecule has 192 valence electrons. The number of amides is 2. The zero-order valence-electron chi connectivity index (χ0n) is 20.8. The minimum Gasteiger partial charge on any atom is -0.354 e. The highest BCUT2D eigenvalue weighted by Gasteiger charge is 2.30. The highest BCUT2D eigenvalue weighted by molar-refractivity contribution is 7.92. The molecule has 35 heavy (non-hydrogen) atoms. The molecule has 2 aromatic carbocycles. The maximum absolute atomic E-state index is 13.6. The standard InChI is InChI=1S/C25H33Cl2N3O4S/c1-6-7-10-28-25(32)19(4)29(15-20-8-9-21(26)14-23(20)27)24(31)16-30(35(5,33)34)22-12-17(2)11-18(3)13-22/h8-9,11-14,19H,6-7,10,15-16H2,1-5H3,(H,28,32)/t19-/m1/s1. The highest BCUT2D eigenvalue weighted by Crippen LogP contribution is 2.25. The van der Waals surface area contributed by atoms with Gasteiger partial charge in [0.15, 0.2) is 0 Å². The lowest BCUT2D eigenvalue weighted by Gasteiger charge is -2.32. The van der Waals surface area contributed by atoms with Crippen LogP contribution in [-0.4, -0.2) is 50.5 Å². The summed E-state index contributed by atoms with van der Waals surface area (Å²) in [6.07, 6.45) is 2.78. The van der Waals surface area contributed by atoms with Gasteiger partial charge in [0.2, 0.25) is 21.8 Å². The smallest absolute Gasteiger partial charge is 0.244 e. The summed E-state index contributed by atoms with van der Waals surface area (Å²) in [6, 6.07) is 9.38. The van der Waals surface area contributed by atoms with E-state index in [9.17, 15) is 18.0 Å². The SMILES string of the molecule is CCCCNC(=O)[C@@H](C)N(Cc1ccc(Cl)cc1Cl)C(=O)CN(c1cc(C)cc(C)c1)S(C)(=O)=O. The van der Waals surface area contributed by atoms with Crippen LogP contribution >= 0.6 is 23.2 Å². The third kappa shape index (κ3) is 8.40. The molecule has 1 atom stereocenters.